The van der Waals surface area contributed by atoms with E-state index in [0.29, 0.717) is 11.4 Å². The number of anilines is 1. The van der Waals surface area contributed by atoms with Crippen molar-refractivity contribution in [1.29, 1.82) is 0 Å². The molecule has 2 amide bonds. The van der Waals surface area contributed by atoms with Crippen LogP contribution in [0.15, 0.2) is 48.5 Å². The third kappa shape index (κ3) is 4.93. The van der Waals surface area contributed by atoms with Gasteiger partial charge in [0, 0.05) is 6.54 Å². The summed E-state index contributed by atoms with van der Waals surface area (Å²) in [7, 11) is 0. The van der Waals surface area contributed by atoms with Crippen LogP contribution in [-0.2, 0) is 16.1 Å². The van der Waals surface area contributed by atoms with Gasteiger partial charge in [-0.25, -0.2) is 0 Å². The maximum Gasteiger partial charge on any atom is 0.387 e. The van der Waals surface area contributed by atoms with Crippen molar-refractivity contribution in [3.05, 3.63) is 54.1 Å². The molecular formula is C19H18F2N2O4. The number of amides is 2. The summed E-state index contributed by atoms with van der Waals surface area (Å²) in [5.41, 5.74) is 1.28. The monoisotopic (exact) mass is 376 g/mol. The van der Waals surface area contributed by atoms with Crippen molar-refractivity contribution in [3.63, 3.8) is 0 Å². The number of nitrogens with zero attached hydrogens (tertiary/aromatic N) is 1. The van der Waals surface area contributed by atoms with Crippen LogP contribution in [0.25, 0.3) is 0 Å². The average Bonchev–Trinajstić information content (AvgIpc) is 2.80. The second-order valence-electron chi connectivity index (χ2n) is 5.85. The quantitative estimate of drug-likeness (QED) is 0.842. The standard InChI is InChI=1S/C19H18F2N2O4/c20-19(21)27-14-7-5-13(6-8-14)11-22-17(24)12-23-15-3-1-2-4-16(15)26-10-9-18(23)25/h1-8,19H,9-12H2,(H,22,24). The van der Waals surface area contributed by atoms with Gasteiger partial charge in [0.25, 0.3) is 0 Å². The minimum Gasteiger partial charge on any atom is -0.491 e. The molecule has 0 unspecified atom stereocenters. The Kier molecular flexibility index (Phi) is 5.85. The lowest BCUT2D eigenvalue weighted by atomic mass is 10.2. The van der Waals surface area contributed by atoms with Gasteiger partial charge in [0.15, 0.2) is 0 Å². The second-order valence-corrected chi connectivity index (χ2v) is 5.85. The molecule has 0 fully saturated rings. The molecule has 2 aromatic carbocycles. The first kappa shape index (κ1) is 18.6. The van der Waals surface area contributed by atoms with Crippen molar-refractivity contribution >= 4 is 17.5 Å². The Morgan fingerprint density at radius 3 is 2.67 bits per heavy atom. The van der Waals surface area contributed by atoms with Crippen molar-refractivity contribution < 1.29 is 27.8 Å². The number of halogens is 2. The molecule has 1 aliphatic rings. The van der Waals surface area contributed by atoms with Crippen molar-refractivity contribution in [1.82, 2.24) is 5.32 Å². The number of carbonyl (C=O) groups excluding carboxylic acids is 2. The van der Waals surface area contributed by atoms with Gasteiger partial charge >= 0.3 is 6.61 Å². The summed E-state index contributed by atoms with van der Waals surface area (Å²) in [6, 6.07) is 13.0. The van der Waals surface area contributed by atoms with Crippen LogP contribution in [0.4, 0.5) is 14.5 Å². The third-order valence-corrected chi connectivity index (χ3v) is 3.97. The minimum atomic E-state index is -2.88. The predicted molar refractivity (Wildman–Crippen MR) is 93.8 cm³/mol. The molecule has 0 atom stereocenters. The average molecular weight is 376 g/mol. The molecule has 2 aromatic rings. The Labute approximate surface area is 154 Å². The van der Waals surface area contributed by atoms with E-state index in [1.165, 1.54) is 17.0 Å². The van der Waals surface area contributed by atoms with E-state index < -0.39 is 6.61 Å². The topological polar surface area (TPSA) is 67.9 Å². The van der Waals surface area contributed by atoms with Crippen molar-refractivity contribution in [2.75, 3.05) is 18.1 Å². The van der Waals surface area contributed by atoms with Crippen molar-refractivity contribution in [3.8, 4) is 11.5 Å². The lowest BCUT2D eigenvalue weighted by Crippen LogP contribution is -2.40. The van der Waals surface area contributed by atoms with Crippen LogP contribution in [0.1, 0.15) is 12.0 Å². The number of hydrogen-bond donors (Lipinski definition) is 1. The number of ether oxygens (including phenoxy) is 2. The highest BCUT2D eigenvalue weighted by Crippen LogP contribution is 2.30. The first-order chi connectivity index (χ1) is 13.0. The molecule has 6 nitrogen and oxygen atoms in total. The van der Waals surface area contributed by atoms with Crippen molar-refractivity contribution in [2.24, 2.45) is 0 Å². The Bertz CT molecular complexity index is 812. The van der Waals surface area contributed by atoms with E-state index in [9.17, 15) is 18.4 Å². The molecule has 0 spiro atoms. The molecule has 0 saturated heterocycles. The molecule has 27 heavy (non-hydrogen) atoms. The Balaban J connectivity index is 1.59. The number of carbonyl (C=O) groups is 2. The van der Waals surface area contributed by atoms with Crippen molar-refractivity contribution in [2.45, 2.75) is 19.6 Å². The first-order valence-electron chi connectivity index (χ1n) is 8.35. The summed E-state index contributed by atoms with van der Waals surface area (Å²) >= 11 is 0. The highest BCUT2D eigenvalue weighted by molar-refractivity contribution is 6.00. The fourth-order valence-corrected chi connectivity index (χ4v) is 2.68. The fourth-order valence-electron chi connectivity index (χ4n) is 2.68. The molecule has 0 bridgehead atoms. The van der Waals surface area contributed by atoms with Gasteiger partial charge < -0.3 is 14.8 Å². The highest BCUT2D eigenvalue weighted by Gasteiger charge is 2.24. The largest absolute Gasteiger partial charge is 0.491 e. The highest BCUT2D eigenvalue weighted by atomic mass is 19.3. The number of nitrogens with one attached hydrogen (secondary N) is 1. The molecule has 0 aliphatic carbocycles. The van der Waals surface area contributed by atoms with Crippen LogP contribution in [0.2, 0.25) is 0 Å². The van der Waals surface area contributed by atoms with Gasteiger partial charge in [0.2, 0.25) is 11.8 Å². The van der Waals surface area contributed by atoms with Crippen LogP contribution < -0.4 is 19.7 Å². The Hall–Kier alpha value is -3.16. The third-order valence-electron chi connectivity index (χ3n) is 3.97. The van der Waals surface area contributed by atoms with E-state index in [1.807, 2.05) is 0 Å². The van der Waals surface area contributed by atoms with E-state index >= 15 is 0 Å². The minimum absolute atomic E-state index is 0.0480. The van der Waals surface area contributed by atoms with E-state index in [4.69, 9.17) is 4.74 Å². The number of hydrogen-bond acceptors (Lipinski definition) is 4. The number of fused-ring (bicyclic) bond motifs is 1. The number of alkyl halides is 2. The Morgan fingerprint density at radius 1 is 1.19 bits per heavy atom. The van der Waals surface area contributed by atoms with Crippen LogP contribution in [0, 0.1) is 0 Å². The number of para-hydroxylation sites is 2. The molecule has 142 valence electrons. The molecule has 0 saturated carbocycles. The van der Waals surface area contributed by atoms with Gasteiger partial charge in [-0.15, -0.1) is 0 Å². The predicted octanol–water partition coefficient (Wildman–Crippen LogP) is 2.72. The first-order valence-corrected chi connectivity index (χ1v) is 8.35. The zero-order valence-corrected chi connectivity index (χ0v) is 14.4. The lowest BCUT2D eigenvalue weighted by Gasteiger charge is -2.21. The number of rotatable bonds is 6. The van der Waals surface area contributed by atoms with Crippen LogP contribution >= 0.6 is 0 Å². The SMILES string of the molecule is O=C(CN1C(=O)CCOc2ccccc21)NCc1ccc(OC(F)F)cc1. The fraction of sp³-hybridized carbons (Fsp3) is 0.263. The number of benzene rings is 2. The summed E-state index contributed by atoms with van der Waals surface area (Å²) < 4.78 is 34.1. The van der Waals surface area contributed by atoms with Gasteiger partial charge in [0.05, 0.1) is 18.7 Å². The Morgan fingerprint density at radius 2 is 1.93 bits per heavy atom. The maximum absolute atomic E-state index is 12.3. The van der Waals surface area contributed by atoms with E-state index in [-0.39, 0.29) is 43.7 Å². The molecule has 1 aliphatic heterocycles. The zero-order valence-electron chi connectivity index (χ0n) is 14.4. The molecule has 3 rings (SSSR count). The van der Waals surface area contributed by atoms with Crippen LogP contribution in [0.3, 0.4) is 0 Å². The van der Waals surface area contributed by atoms with Crippen LogP contribution in [-0.4, -0.2) is 31.6 Å². The van der Waals surface area contributed by atoms with E-state index in [1.54, 1.807) is 36.4 Å². The molecule has 1 N–H and O–H groups in total. The van der Waals surface area contributed by atoms with Crippen LogP contribution in [0.5, 0.6) is 11.5 Å². The molecule has 1 heterocycles. The van der Waals surface area contributed by atoms with Gasteiger partial charge in [-0.3, -0.25) is 14.5 Å². The van der Waals surface area contributed by atoms with E-state index in [2.05, 4.69) is 10.1 Å². The molecular weight excluding hydrogens is 358 g/mol. The second kappa shape index (κ2) is 8.48. The summed E-state index contributed by atoms with van der Waals surface area (Å²) in [5, 5.41) is 2.72. The summed E-state index contributed by atoms with van der Waals surface area (Å²) in [5.74, 6) is 0.0779. The summed E-state index contributed by atoms with van der Waals surface area (Å²) in [4.78, 5) is 26.0. The van der Waals surface area contributed by atoms with E-state index in [0.717, 1.165) is 5.56 Å². The van der Waals surface area contributed by atoms with Gasteiger partial charge in [0.1, 0.15) is 18.0 Å². The van der Waals surface area contributed by atoms with Gasteiger partial charge in [-0.1, -0.05) is 24.3 Å². The smallest absolute Gasteiger partial charge is 0.387 e. The van der Waals surface area contributed by atoms with Gasteiger partial charge in [-0.2, -0.15) is 8.78 Å². The maximum atomic E-state index is 12.3. The normalized spacial score (nSPS) is 13.6. The zero-order chi connectivity index (χ0) is 19.2. The summed E-state index contributed by atoms with van der Waals surface area (Å²) in [6.45, 7) is -2.55. The molecule has 0 aromatic heterocycles. The lowest BCUT2D eigenvalue weighted by molar-refractivity contribution is -0.124. The summed E-state index contributed by atoms with van der Waals surface area (Å²) in [6.07, 6.45) is 0.188. The molecule has 0 radical (unpaired) electrons. The molecule has 8 heteroatoms. The van der Waals surface area contributed by atoms with Gasteiger partial charge in [-0.05, 0) is 29.8 Å².